The summed E-state index contributed by atoms with van der Waals surface area (Å²) in [5, 5.41) is 3.07. The van der Waals surface area contributed by atoms with Crippen LogP contribution in [0.15, 0.2) is 30.9 Å². The Bertz CT molecular complexity index is 517. The number of nitrogens with zero attached hydrogens (tertiary/aromatic N) is 1. The molecule has 0 aromatic heterocycles. The average molecular weight is 297 g/mol. The lowest BCUT2D eigenvalue weighted by Crippen LogP contribution is -2.40. The summed E-state index contributed by atoms with van der Waals surface area (Å²) in [7, 11) is 1.49. The van der Waals surface area contributed by atoms with Gasteiger partial charge in [-0.05, 0) is 18.2 Å². The van der Waals surface area contributed by atoms with Crippen molar-refractivity contribution in [3.63, 3.8) is 0 Å². The lowest BCUT2D eigenvalue weighted by molar-refractivity contribution is -0.122. The summed E-state index contributed by atoms with van der Waals surface area (Å²) >= 11 is 5.94. The van der Waals surface area contributed by atoms with Crippen molar-refractivity contribution < 1.29 is 14.3 Å². The Kier molecular flexibility index (Phi) is 6.06. The van der Waals surface area contributed by atoms with Crippen LogP contribution in [0.1, 0.15) is 6.92 Å². The molecule has 1 N–H and O–H groups in total. The van der Waals surface area contributed by atoms with Crippen LogP contribution in [-0.4, -0.2) is 32.0 Å². The van der Waals surface area contributed by atoms with Gasteiger partial charge >= 0.3 is 0 Å². The second kappa shape index (κ2) is 7.55. The van der Waals surface area contributed by atoms with Crippen molar-refractivity contribution in [2.45, 2.75) is 6.92 Å². The van der Waals surface area contributed by atoms with Crippen LogP contribution in [0, 0.1) is 0 Å². The van der Waals surface area contributed by atoms with Gasteiger partial charge in [0.1, 0.15) is 12.3 Å². The fraction of sp³-hybridized carbons (Fsp3) is 0.286. The summed E-state index contributed by atoms with van der Waals surface area (Å²) in [6.45, 7) is 5.12. The Morgan fingerprint density at radius 2 is 2.20 bits per heavy atom. The molecule has 0 spiro atoms. The second-order valence-corrected chi connectivity index (χ2v) is 4.45. The summed E-state index contributed by atoms with van der Waals surface area (Å²) in [4.78, 5) is 24.8. The molecule has 0 atom stereocenters. The molecule has 5 nitrogen and oxygen atoms in total. The van der Waals surface area contributed by atoms with Gasteiger partial charge in [0.2, 0.25) is 11.8 Å². The highest BCUT2D eigenvalue weighted by Crippen LogP contribution is 2.31. The summed E-state index contributed by atoms with van der Waals surface area (Å²) < 4.78 is 5.19. The minimum atomic E-state index is -0.290. The van der Waals surface area contributed by atoms with Gasteiger partial charge in [-0.2, -0.15) is 0 Å². The van der Waals surface area contributed by atoms with Gasteiger partial charge in [-0.15, -0.1) is 6.58 Å². The van der Waals surface area contributed by atoms with E-state index in [2.05, 4.69) is 11.9 Å². The Hall–Kier alpha value is -2.01. The van der Waals surface area contributed by atoms with Crippen molar-refractivity contribution in [1.82, 2.24) is 5.32 Å². The van der Waals surface area contributed by atoms with Gasteiger partial charge in [-0.3, -0.25) is 14.5 Å². The number of anilines is 1. The molecule has 0 saturated carbocycles. The Labute approximate surface area is 123 Å². The number of hydrogen-bond acceptors (Lipinski definition) is 3. The molecule has 0 radical (unpaired) electrons. The molecular weight excluding hydrogens is 280 g/mol. The Morgan fingerprint density at radius 3 is 2.75 bits per heavy atom. The zero-order valence-electron chi connectivity index (χ0n) is 11.5. The van der Waals surface area contributed by atoms with Crippen LogP contribution in [0.4, 0.5) is 5.69 Å². The lowest BCUT2D eigenvalue weighted by atomic mass is 10.2. The van der Waals surface area contributed by atoms with Gasteiger partial charge in [0.05, 0.1) is 12.8 Å². The molecule has 0 aliphatic heterocycles. The standard InChI is InChI=1S/C14H17ClN2O3/c1-4-7-16-14(19)9-17(10(2)18)12-8-11(15)5-6-13(12)20-3/h4-6,8H,1,7,9H2,2-3H3,(H,16,19). The molecule has 2 amide bonds. The maximum atomic E-state index is 11.8. The molecule has 1 aromatic carbocycles. The number of hydrogen-bond donors (Lipinski definition) is 1. The second-order valence-electron chi connectivity index (χ2n) is 4.01. The van der Waals surface area contributed by atoms with Gasteiger partial charge < -0.3 is 10.1 Å². The summed E-state index contributed by atoms with van der Waals surface area (Å²) in [6, 6.07) is 4.89. The zero-order chi connectivity index (χ0) is 15.1. The van der Waals surface area contributed by atoms with Crippen LogP contribution in [0.3, 0.4) is 0 Å². The lowest BCUT2D eigenvalue weighted by Gasteiger charge is -2.22. The highest BCUT2D eigenvalue weighted by Gasteiger charge is 2.19. The summed E-state index contributed by atoms with van der Waals surface area (Å²) in [5.41, 5.74) is 0.459. The maximum Gasteiger partial charge on any atom is 0.240 e. The molecule has 0 bridgehead atoms. The number of nitrogens with one attached hydrogen (secondary N) is 1. The molecular formula is C14H17ClN2O3. The van der Waals surface area contributed by atoms with Crippen molar-refractivity contribution in [3.8, 4) is 5.75 Å². The number of halogens is 1. The molecule has 108 valence electrons. The third kappa shape index (κ3) is 4.28. The monoisotopic (exact) mass is 296 g/mol. The Morgan fingerprint density at radius 1 is 1.50 bits per heavy atom. The fourth-order valence-electron chi connectivity index (χ4n) is 1.63. The number of methoxy groups -OCH3 is 1. The van der Waals surface area contributed by atoms with Gasteiger partial charge in [-0.1, -0.05) is 17.7 Å². The van der Waals surface area contributed by atoms with E-state index in [0.717, 1.165) is 0 Å². The van der Waals surface area contributed by atoms with Crippen LogP contribution in [0.2, 0.25) is 5.02 Å². The van der Waals surface area contributed by atoms with E-state index in [1.54, 1.807) is 24.3 Å². The van der Waals surface area contributed by atoms with E-state index >= 15 is 0 Å². The summed E-state index contributed by atoms with van der Waals surface area (Å²) in [5.74, 6) is -0.0948. The van der Waals surface area contributed by atoms with Crippen molar-refractivity contribution in [2.24, 2.45) is 0 Å². The number of rotatable bonds is 6. The molecule has 1 aromatic rings. The van der Waals surface area contributed by atoms with Crippen LogP contribution in [0.25, 0.3) is 0 Å². The Balaban J connectivity index is 3.02. The number of carbonyl (C=O) groups is 2. The maximum absolute atomic E-state index is 11.8. The predicted octanol–water partition coefficient (Wildman–Crippen LogP) is 2.00. The molecule has 6 heteroatoms. The van der Waals surface area contributed by atoms with Gasteiger partial charge in [0, 0.05) is 18.5 Å². The molecule has 1 rings (SSSR count). The van der Waals surface area contributed by atoms with Gasteiger partial charge in [0.15, 0.2) is 0 Å². The van der Waals surface area contributed by atoms with Crippen molar-refractivity contribution in [2.75, 3.05) is 25.1 Å². The first kappa shape index (κ1) is 16.0. The van der Waals surface area contributed by atoms with E-state index in [4.69, 9.17) is 16.3 Å². The molecule has 20 heavy (non-hydrogen) atoms. The molecule has 0 fully saturated rings. The van der Waals surface area contributed by atoms with E-state index in [-0.39, 0.29) is 18.4 Å². The normalized spacial score (nSPS) is 9.75. The van der Waals surface area contributed by atoms with Crippen molar-refractivity contribution >= 4 is 29.1 Å². The number of ether oxygens (including phenoxy) is 1. The van der Waals surface area contributed by atoms with E-state index in [1.807, 2.05) is 0 Å². The first-order chi connectivity index (χ1) is 9.49. The smallest absolute Gasteiger partial charge is 0.240 e. The third-order valence-electron chi connectivity index (χ3n) is 2.56. The third-order valence-corrected chi connectivity index (χ3v) is 2.79. The molecule has 0 aliphatic carbocycles. The topological polar surface area (TPSA) is 58.6 Å². The molecule has 0 saturated heterocycles. The number of benzene rings is 1. The SMILES string of the molecule is C=CCNC(=O)CN(C(C)=O)c1cc(Cl)ccc1OC. The minimum absolute atomic E-state index is 0.111. The minimum Gasteiger partial charge on any atom is -0.495 e. The van der Waals surface area contributed by atoms with E-state index in [1.165, 1.54) is 18.9 Å². The summed E-state index contributed by atoms with van der Waals surface area (Å²) in [6.07, 6.45) is 1.57. The quantitative estimate of drug-likeness (QED) is 0.817. The fourth-order valence-corrected chi connectivity index (χ4v) is 1.79. The zero-order valence-corrected chi connectivity index (χ0v) is 12.2. The van der Waals surface area contributed by atoms with Crippen LogP contribution < -0.4 is 15.0 Å². The number of amides is 2. The van der Waals surface area contributed by atoms with Crippen LogP contribution in [0.5, 0.6) is 5.75 Å². The van der Waals surface area contributed by atoms with Crippen molar-refractivity contribution in [3.05, 3.63) is 35.9 Å². The average Bonchev–Trinajstić information content (AvgIpc) is 2.42. The highest BCUT2D eigenvalue weighted by molar-refractivity contribution is 6.31. The van der Waals surface area contributed by atoms with Gasteiger partial charge in [-0.25, -0.2) is 0 Å². The first-order valence-corrected chi connectivity index (χ1v) is 6.36. The van der Waals surface area contributed by atoms with E-state index in [0.29, 0.717) is 23.0 Å². The largest absolute Gasteiger partial charge is 0.495 e. The predicted molar refractivity (Wildman–Crippen MR) is 79.2 cm³/mol. The van der Waals surface area contributed by atoms with Crippen LogP contribution >= 0.6 is 11.6 Å². The molecule has 0 aliphatic rings. The van der Waals surface area contributed by atoms with Crippen LogP contribution in [-0.2, 0) is 9.59 Å². The molecule has 0 unspecified atom stereocenters. The van der Waals surface area contributed by atoms with Gasteiger partial charge in [0.25, 0.3) is 0 Å². The molecule has 0 heterocycles. The van der Waals surface area contributed by atoms with Crippen molar-refractivity contribution in [1.29, 1.82) is 0 Å². The highest BCUT2D eigenvalue weighted by atomic mass is 35.5. The van der Waals surface area contributed by atoms with E-state index in [9.17, 15) is 9.59 Å². The first-order valence-electron chi connectivity index (χ1n) is 5.98. The number of carbonyl (C=O) groups excluding carboxylic acids is 2. The van der Waals surface area contributed by atoms with E-state index < -0.39 is 0 Å².